The van der Waals surface area contributed by atoms with E-state index in [4.69, 9.17) is 9.84 Å². The first-order chi connectivity index (χ1) is 11.9. The Morgan fingerprint density at radius 3 is 2.52 bits per heavy atom. The molecular formula is C18H24N2O5. The zero-order valence-electron chi connectivity index (χ0n) is 14.5. The van der Waals surface area contributed by atoms with Crippen molar-refractivity contribution in [2.24, 2.45) is 11.8 Å². The van der Waals surface area contributed by atoms with Gasteiger partial charge in [0.15, 0.2) is 0 Å². The number of aliphatic carboxylic acids is 1. The lowest BCUT2D eigenvalue weighted by Gasteiger charge is -2.34. The van der Waals surface area contributed by atoms with Crippen LogP contribution in [-0.4, -0.2) is 54.0 Å². The summed E-state index contributed by atoms with van der Waals surface area (Å²) in [5, 5.41) is 11.8. The van der Waals surface area contributed by atoms with Crippen LogP contribution in [0, 0.1) is 11.8 Å². The van der Waals surface area contributed by atoms with Crippen molar-refractivity contribution in [3.8, 4) is 5.75 Å². The molecule has 0 aromatic heterocycles. The third kappa shape index (κ3) is 5.20. The molecule has 2 amide bonds. The topological polar surface area (TPSA) is 95.9 Å². The minimum atomic E-state index is -0.886. The molecule has 2 rings (SSSR count). The van der Waals surface area contributed by atoms with Crippen molar-refractivity contribution < 1.29 is 24.2 Å². The highest BCUT2D eigenvalue weighted by molar-refractivity contribution is 5.96. The van der Waals surface area contributed by atoms with Gasteiger partial charge in [0.05, 0.1) is 19.1 Å². The second-order valence-corrected chi connectivity index (χ2v) is 6.31. The van der Waals surface area contributed by atoms with Crippen LogP contribution < -0.4 is 10.1 Å². The SMILES string of the molecule is CCOc1ccc(C(=O)NCC(=O)N2CC(C)CC(C(=O)O)C2)cc1. The van der Waals surface area contributed by atoms with Crippen LogP contribution in [0.15, 0.2) is 24.3 Å². The van der Waals surface area contributed by atoms with E-state index in [9.17, 15) is 14.4 Å². The number of carbonyl (C=O) groups is 3. The number of benzene rings is 1. The third-order valence-corrected chi connectivity index (χ3v) is 4.19. The van der Waals surface area contributed by atoms with Gasteiger partial charge in [-0.3, -0.25) is 14.4 Å². The Morgan fingerprint density at radius 2 is 1.92 bits per heavy atom. The number of rotatable bonds is 6. The summed E-state index contributed by atoms with van der Waals surface area (Å²) in [7, 11) is 0. The average molecular weight is 348 g/mol. The van der Waals surface area contributed by atoms with E-state index in [1.54, 1.807) is 24.3 Å². The zero-order chi connectivity index (χ0) is 18.4. The lowest BCUT2D eigenvalue weighted by molar-refractivity contribution is -0.146. The van der Waals surface area contributed by atoms with Crippen molar-refractivity contribution >= 4 is 17.8 Å². The summed E-state index contributed by atoms with van der Waals surface area (Å²) in [6.07, 6.45) is 0.567. The molecule has 1 heterocycles. The Kier molecular flexibility index (Phi) is 6.38. The first kappa shape index (κ1) is 18.8. The van der Waals surface area contributed by atoms with E-state index in [-0.39, 0.29) is 30.8 Å². The van der Waals surface area contributed by atoms with Gasteiger partial charge in [-0.05, 0) is 43.5 Å². The number of amides is 2. The summed E-state index contributed by atoms with van der Waals surface area (Å²) in [5.41, 5.74) is 0.437. The predicted molar refractivity (Wildman–Crippen MR) is 91.4 cm³/mol. The number of likely N-dealkylation sites (tertiary alicyclic amines) is 1. The smallest absolute Gasteiger partial charge is 0.308 e. The van der Waals surface area contributed by atoms with Crippen LogP contribution in [0.1, 0.15) is 30.6 Å². The largest absolute Gasteiger partial charge is 0.494 e. The highest BCUT2D eigenvalue weighted by Gasteiger charge is 2.31. The van der Waals surface area contributed by atoms with Gasteiger partial charge in [0.1, 0.15) is 5.75 Å². The molecule has 136 valence electrons. The lowest BCUT2D eigenvalue weighted by Crippen LogP contribution is -2.48. The molecule has 0 saturated carbocycles. The number of carboxylic acids is 1. The number of nitrogens with zero attached hydrogens (tertiary/aromatic N) is 1. The number of ether oxygens (including phenoxy) is 1. The molecule has 7 heteroatoms. The predicted octanol–water partition coefficient (Wildman–Crippen LogP) is 1.38. The van der Waals surface area contributed by atoms with Crippen molar-refractivity contribution in [2.75, 3.05) is 26.2 Å². The molecule has 0 spiro atoms. The van der Waals surface area contributed by atoms with E-state index < -0.39 is 11.9 Å². The van der Waals surface area contributed by atoms with E-state index in [1.165, 1.54) is 4.90 Å². The fourth-order valence-electron chi connectivity index (χ4n) is 2.97. The van der Waals surface area contributed by atoms with Crippen LogP contribution in [-0.2, 0) is 9.59 Å². The fraction of sp³-hybridized carbons (Fsp3) is 0.500. The summed E-state index contributed by atoms with van der Waals surface area (Å²) in [6, 6.07) is 6.66. The van der Waals surface area contributed by atoms with Gasteiger partial charge in [-0.25, -0.2) is 0 Å². The Balaban J connectivity index is 1.88. The van der Waals surface area contributed by atoms with E-state index in [0.717, 1.165) is 0 Å². The summed E-state index contributed by atoms with van der Waals surface area (Å²) in [6.45, 7) is 4.91. The summed E-state index contributed by atoms with van der Waals surface area (Å²) in [5.74, 6) is -1.25. The maximum absolute atomic E-state index is 12.3. The Bertz CT molecular complexity index is 629. The summed E-state index contributed by atoms with van der Waals surface area (Å²) >= 11 is 0. The maximum Gasteiger partial charge on any atom is 0.308 e. The van der Waals surface area contributed by atoms with Gasteiger partial charge in [-0.1, -0.05) is 6.92 Å². The van der Waals surface area contributed by atoms with Gasteiger partial charge >= 0.3 is 5.97 Å². The number of hydrogen-bond donors (Lipinski definition) is 2. The molecule has 0 bridgehead atoms. The van der Waals surface area contributed by atoms with Gasteiger partial charge in [0.2, 0.25) is 5.91 Å². The number of nitrogens with one attached hydrogen (secondary N) is 1. The van der Waals surface area contributed by atoms with Crippen LogP contribution >= 0.6 is 0 Å². The molecule has 0 aliphatic carbocycles. The molecule has 2 N–H and O–H groups in total. The molecule has 7 nitrogen and oxygen atoms in total. The Hall–Kier alpha value is -2.57. The van der Waals surface area contributed by atoms with Gasteiger partial charge in [-0.15, -0.1) is 0 Å². The molecule has 1 aromatic carbocycles. The zero-order valence-corrected chi connectivity index (χ0v) is 14.5. The van der Waals surface area contributed by atoms with E-state index in [1.807, 2.05) is 13.8 Å². The van der Waals surface area contributed by atoms with Crippen molar-refractivity contribution in [2.45, 2.75) is 20.3 Å². The van der Waals surface area contributed by atoms with Gasteiger partial charge in [0, 0.05) is 18.7 Å². The molecule has 1 fully saturated rings. The number of piperidine rings is 1. The minimum absolute atomic E-state index is 0.126. The molecule has 25 heavy (non-hydrogen) atoms. The van der Waals surface area contributed by atoms with Crippen molar-refractivity contribution in [3.05, 3.63) is 29.8 Å². The van der Waals surface area contributed by atoms with Gasteiger partial charge in [-0.2, -0.15) is 0 Å². The monoisotopic (exact) mass is 348 g/mol. The molecule has 1 saturated heterocycles. The van der Waals surface area contributed by atoms with E-state index >= 15 is 0 Å². The summed E-state index contributed by atoms with van der Waals surface area (Å²) in [4.78, 5) is 37.1. The normalized spacial score (nSPS) is 20.0. The number of carbonyl (C=O) groups excluding carboxylic acids is 2. The molecule has 2 atom stereocenters. The highest BCUT2D eigenvalue weighted by Crippen LogP contribution is 2.21. The minimum Gasteiger partial charge on any atom is -0.494 e. The standard InChI is InChI=1S/C18H24N2O5/c1-3-25-15-6-4-13(5-7-15)17(22)19-9-16(21)20-10-12(2)8-14(11-20)18(23)24/h4-7,12,14H,3,8-11H2,1-2H3,(H,19,22)(H,23,24). The van der Waals surface area contributed by atoms with Crippen LogP contribution in [0.2, 0.25) is 0 Å². The van der Waals surface area contributed by atoms with Crippen LogP contribution in [0.5, 0.6) is 5.75 Å². The molecular weight excluding hydrogens is 324 g/mol. The van der Waals surface area contributed by atoms with Crippen LogP contribution in [0.3, 0.4) is 0 Å². The quantitative estimate of drug-likeness (QED) is 0.810. The Labute approximate surface area is 147 Å². The van der Waals surface area contributed by atoms with E-state index in [0.29, 0.717) is 30.9 Å². The first-order valence-electron chi connectivity index (χ1n) is 8.42. The molecule has 1 aromatic rings. The van der Waals surface area contributed by atoms with Gasteiger partial charge in [0.25, 0.3) is 5.91 Å². The van der Waals surface area contributed by atoms with Crippen molar-refractivity contribution in [1.29, 1.82) is 0 Å². The summed E-state index contributed by atoms with van der Waals surface area (Å²) < 4.78 is 5.32. The average Bonchev–Trinajstić information content (AvgIpc) is 2.59. The van der Waals surface area contributed by atoms with Crippen LogP contribution in [0.25, 0.3) is 0 Å². The molecule has 1 aliphatic rings. The number of carboxylic acid groups (broad SMARTS) is 1. The molecule has 1 aliphatic heterocycles. The Morgan fingerprint density at radius 1 is 1.24 bits per heavy atom. The third-order valence-electron chi connectivity index (χ3n) is 4.19. The lowest BCUT2D eigenvalue weighted by atomic mass is 9.90. The molecule has 2 unspecified atom stereocenters. The fourth-order valence-corrected chi connectivity index (χ4v) is 2.97. The highest BCUT2D eigenvalue weighted by atomic mass is 16.5. The molecule has 0 radical (unpaired) electrons. The van der Waals surface area contributed by atoms with Crippen LogP contribution in [0.4, 0.5) is 0 Å². The van der Waals surface area contributed by atoms with Crippen molar-refractivity contribution in [1.82, 2.24) is 10.2 Å². The number of hydrogen-bond acceptors (Lipinski definition) is 4. The first-order valence-corrected chi connectivity index (χ1v) is 8.42. The second-order valence-electron chi connectivity index (χ2n) is 6.31. The van der Waals surface area contributed by atoms with Gasteiger partial charge < -0.3 is 20.1 Å². The van der Waals surface area contributed by atoms with Crippen molar-refractivity contribution in [3.63, 3.8) is 0 Å². The maximum atomic E-state index is 12.3. The second kappa shape index (κ2) is 8.50. The van der Waals surface area contributed by atoms with E-state index in [2.05, 4.69) is 5.32 Å².